The highest BCUT2D eigenvalue weighted by atomic mass is 16.5. The lowest BCUT2D eigenvalue weighted by Gasteiger charge is -2.11. The van der Waals surface area contributed by atoms with Crippen LogP contribution in [-0.4, -0.2) is 22.3 Å². The molecule has 1 aromatic carbocycles. The van der Waals surface area contributed by atoms with Crippen LogP contribution in [0.2, 0.25) is 0 Å². The molecule has 1 aliphatic rings. The summed E-state index contributed by atoms with van der Waals surface area (Å²) in [5, 5.41) is 7.29. The van der Waals surface area contributed by atoms with Gasteiger partial charge < -0.3 is 10.1 Å². The smallest absolute Gasteiger partial charge is 0.269 e. The molecule has 1 amide bonds. The summed E-state index contributed by atoms with van der Waals surface area (Å²) in [6.07, 6.45) is 7.40. The molecule has 0 bridgehead atoms. The third-order valence-electron chi connectivity index (χ3n) is 5.15. The van der Waals surface area contributed by atoms with E-state index < -0.39 is 0 Å². The van der Waals surface area contributed by atoms with Crippen molar-refractivity contribution in [1.82, 2.24) is 15.1 Å². The minimum atomic E-state index is -0.104. The van der Waals surface area contributed by atoms with Crippen molar-refractivity contribution >= 4 is 5.91 Å². The van der Waals surface area contributed by atoms with E-state index in [9.17, 15) is 4.79 Å². The van der Waals surface area contributed by atoms with Crippen LogP contribution in [0.25, 0.3) is 0 Å². The summed E-state index contributed by atoms with van der Waals surface area (Å²) in [6, 6.07) is 9.82. The third-order valence-corrected chi connectivity index (χ3v) is 5.15. The number of aryl methyl sites for hydroxylation is 2. The summed E-state index contributed by atoms with van der Waals surface area (Å²) >= 11 is 0. The second kappa shape index (κ2) is 8.88. The highest BCUT2D eigenvalue weighted by molar-refractivity contribution is 5.92. The standard InChI is InChI=1S/C21H29N3O2/c1-3-18-14-20(24(2)23-18)21(25)22-15-17-9-6-10-19(13-17)26-12-11-16-7-4-5-8-16/h6,9-10,13-14,16H,3-5,7-8,11-12,15H2,1-2H3,(H,22,25). The minimum absolute atomic E-state index is 0.104. The van der Waals surface area contributed by atoms with Gasteiger partial charge in [-0.05, 0) is 42.5 Å². The van der Waals surface area contributed by atoms with E-state index in [0.717, 1.165) is 42.4 Å². The van der Waals surface area contributed by atoms with Crippen LogP contribution >= 0.6 is 0 Å². The minimum Gasteiger partial charge on any atom is -0.494 e. The maximum atomic E-state index is 12.4. The fraction of sp³-hybridized carbons (Fsp3) is 0.524. The third kappa shape index (κ3) is 4.87. The lowest BCUT2D eigenvalue weighted by Crippen LogP contribution is -2.25. The fourth-order valence-electron chi connectivity index (χ4n) is 3.57. The van der Waals surface area contributed by atoms with Gasteiger partial charge in [0.1, 0.15) is 11.4 Å². The molecule has 26 heavy (non-hydrogen) atoms. The van der Waals surface area contributed by atoms with Gasteiger partial charge in [0.15, 0.2) is 0 Å². The normalized spacial score (nSPS) is 14.5. The van der Waals surface area contributed by atoms with Crippen molar-refractivity contribution in [3.05, 3.63) is 47.3 Å². The van der Waals surface area contributed by atoms with Crippen molar-refractivity contribution in [3.63, 3.8) is 0 Å². The molecule has 1 aliphatic carbocycles. The average Bonchev–Trinajstić information content (AvgIpc) is 3.29. The van der Waals surface area contributed by atoms with Gasteiger partial charge in [0.05, 0.1) is 12.3 Å². The highest BCUT2D eigenvalue weighted by Gasteiger charge is 2.15. The van der Waals surface area contributed by atoms with Crippen molar-refractivity contribution in [2.24, 2.45) is 13.0 Å². The van der Waals surface area contributed by atoms with Gasteiger partial charge in [-0.15, -0.1) is 0 Å². The molecular weight excluding hydrogens is 326 g/mol. The number of rotatable bonds is 8. The molecule has 3 rings (SSSR count). The van der Waals surface area contributed by atoms with Crippen molar-refractivity contribution in [2.45, 2.75) is 52.0 Å². The lowest BCUT2D eigenvalue weighted by atomic mass is 10.1. The maximum Gasteiger partial charge on any atom is 0.269 e. The molecule has 140 valence electrons. The van der Waals surface area contributed by atoms with Gasteiger partial charge >= 0.3 is 0 Å². The Kier molecular flexibility index (Phi) is 6.31. The SMILES string of the molecule is CCc1cc(C(=O)NCc2cccc(OCCC3CCCC3)c2)n(C)n1. The van der Waals surface area contributed by atoms with Crippen LogP contribution < -0.4 is 10.1 Å². The monoisotopic (exact) mass is 355 g/mol. The number of ether oxygens (including phenoxy) is 1. The zero-order chi connectivity index (χ0) is 18.4. The summed E-state index contributed by atoms with van der Waals surface area (Å²) in [4.78, 5) is 12.4. The lowest BCUT2D eigenvalue weighted by molar-refractivity contribution is 0.0941. The first-order chi connectivity index (χ1) is 12.7. The van der Waals surface area contributed by atoms with E-state index in [1.165, 1.54) is 25.7 Å². The Bertz CT molecular complexity index is 733. The Hall–Kier alpha value is -2.30. The predicted octanol–water partition coefficient (Wildman–Crippen LogP) is 3.87. The quantitative estimate of drug-likeness (QED) is 0.782. The van der Waals surface area contributed by atoms with Crippen LogP contribution in [0.3, 0.4) is 0 Å². The Balaban J connectivity index is 1.49. The summed E-state index contributed by atoms with van der Waals surface area (Å²) in [5.41, 5.74) is 2.55. The van der Waals surface area contributed by atoms with Gasteiger partial charge in [-0.2, -0.15) is 5.10 Å². The van der Waals surface area contributed by atoms with Crippen LogP contribution in [0.1, 0.15) is 60.8 Å². The number of hydrogen-bond donors (Lipinski definition) is 1. The first kappa shape index (κ1) is 18.5. The Labute approximate surface area is 155 Å². The summed E-state index contributed by atoms with van der Waals surface area (Å²) < 4.78 is 7.55. The topological polar surface area (TPSA) is 56.1 Å². The zero-order valence-electron chi connectivity index (χ0n) is 15.8. The Morgan fingerprint density at radius 3 is 2.85 bits per heavy atom. The second-order valence-corrected chi connectivity index (χ2v) is 7.12. The number of carbonyl (C=O) groups is 1. The summed E-state index contributed by atoms with van der Waals surface area (Å²) in [6.45, 7) is 3.28. The van der Waals surface area contributed by atoms with E-state index in [1.54, 1.807) is 11.7 Å². The number of nitrogens with one attached hydrogen (secondary N) is 1. The van der Waals surface area contributed by atoms with E-state index in [2.05, 4.69) is 10.4 Å². The molecule has 0 aliphatic heterocycles. The van der Waals surface area contributed by atoms with Gasteiger partial charge in [-0.1, -0.05) is 44.7 Å². The fourth-order valence-corrected chi connectivity index (χ4v) is 3.57. The number of aromatic nitrogens is 2. The van der Waals surface area contributed by atoms with E-state index in [0.29, 0.717) is 12.2 Å². The van der Waals surface area contributed by atoms with Crippen LogP contribution in [0.15, 0.2) is 30.3 Å². The van der Waals surface area contributed by atoms with Crippen molar-refractivity contribution in [2.75, 3.05) is 6.61 Å². The van der Waals surface area contributed by atoms with Gasteiger partial charge in [0, 0.05) is 13.6 Å². The molecule has 0 spiro atoms. The molecular formula is C21H29N3O2. The number of benzene rings is 1. The molecule has 1 aromatic heterocycles. The number of amides is 1. The highest BCUT2D eigenvalue weighted by Crippen LogP contribution is 2.27. The van der Waals surface area contributed by atoms with Gasteiger partial charge in [0.2, 0.25) is 0 Å². The molecule has 5 heteroatoms. The zero-order valence-corrected chi connectivity index (χ0v) is 15.8. The molecule has 0 radical (unpaired) electrons. The molecule has 1 saturated carbocycles. The molecule has 0 unspecified atom stereocenters. The molecule has 1 N–H and O–H groups in total. The number of nitrogens with zero attached hydrogens (tertiary/aromatic N) is 2. The van der Waals surface area contributed by atoms with Gasteiger partial charge in [-0.3, -0.25) is 9.48 Å². The average molecular weight is 355 g/mol. The molecule has 1 fully saturated rings. The molecule has 0 saturated heterocycles. The van der Waals surface area contributed by atoms with Crippen molar-refractivity contribution < 1.29 is 9.53 Å². The van der Waals surface area contributed by atoms with Crippen LogP contribution in [0.5, 0.6) is 5.75 Å². The van der Waals surface area contributed by atoms with Crippen LogP contribution in [-0.2, 0) is 20.0 Å². The number of hydrogen-bond acceptors (Lipinski definition) is 3. The maximum absolute atomic E-state index is 12.4. The van der Waals surface area contributed by atoms with E-state index >= 15 is 0 Å². The van der Waals surface area contributed by atoms with E-state index in [-0.39, 0.29) is 5.91 Å². The predicted molar refractivity (Wildman–Crippen MR) is 102 cm³/mol. The molecule has 5 nitrogen and oxygen atoms in total. The van der Waals surface area contributed by atoms with Crippen LogP contribution in [0.4, 0.5) is 0 Å². The van der Waals surface area contributed by atoms with Crippen molar-refractivity contribution in [3.8, 4) is 5.75 Å². The largest absolute Gasteiger partial charge is 0.494 e. The first-order valence-corrected chi connectivity index (χ1v) is 9.68. The van der Waals surface area contributed by atoms with Crippen molar-refractivity contribution in [1.29, 1.82) is 0 Å². The summed E-state index contributed by atoms with van der Waals surface area (Å²) in [5.74, 6) is 1.61. The first-order valence-electron chi connectivity index (χ1n) is 9.68. The van der Waals surface area contributed by atoms with Gasteiger partial charge in [-0.25, -0.2) is 0 Å². The Morgan fingerprint density at radius 1 is 1.31 bits per heavy atom. The second-order valence-electron chi connectivity index (χ2n) is 7.12. The molecule has 1 heterocycles. The molecule has 2 aromatic rings. The summed E-state index contributed by atoms with van der Waals surface area (Å²) in [7, 11) is 1.80. The van der Waals surface area contributed by atoms with Crippen LogP contribution in [0, 0.1) is 5.92 Å². The molecule has 0 atom stereocenters. The Morgan fingerprint density at radius 2 is 2.12 bits per heavy atom. The van der Waals surface area contributed by atoms with Gasteiger partial charge in [0.25, 0.3) is 5.91 Å². The number of carbonyl (C=O) groups excluding carboxylic acids is 1. The van der Waals surface area contributed by atoms with E-state index in [1.807, 2.05) is 37.3 Å². The van der Waals surface area contributed by atoms with E-state index in [4.69, 9.17) is 4.74 Å².